The molecule has 0 spiro atoms. The molecule has 3 aromatic rings. The van der Waals surface area contributed by atoms with Crippen LogP contribution in [0.1, 0.15) is 16.1 Å². The van der Waals surface area contributed by atoms with Gasteiger partial charge in [0.1, 0.15) is 0 Å². The van der Waals surface area contributed by atoms with Crippen LogP contribution in [0.4, 0.5) is 5.13 Å². The number of anilines is 1. The number of fused-ring (bicyclic) bond motifs is 1. The van der Waals surface area contributed by atoms with Crippen molar-refractivity contribution in [2.45, 2.75) is 6.54 Å². The lowest BCUT2D eigenvalue weighted by Crippen LogP contribution is -2.23. The number of carbonyl (C=O) groups excluding carboxylic acids is 1. The zero-order chi connectivity index (χ0) is 14.1. The third-order valence-corrected chi connectivity index (χ3v) is 3.87. The Morgan fingerprint density at radius 2 is 2.30 bits per heavy atom. The van der Waals surface area contributed by atoms with E-state index in [-0.39, 0.29) is 5.91 Å². The fourth-order valence-corrected chi connectivity index (χ4v) is 2.70. The lowest BCUT2D eigenvalue weighted by molar-refractivity contribution is 0.0950. The summed E-state index contributed by atoms with van der Waals surface area (Å²) in [5, 5.41) is 7.43. The van der Waals surface area contributed by atoms with Crippen molar-refractivity contribution >= 4 is 32.6 Å². The van der Waals surface area contributed by atoms with Crippen molar-refractivity contribution in [3.8, 4) is 0 Å². The van der Waals surface area contributed by atoms with Crippen LogP contribution in [-0.2, 0) is 13.6 Å². The highest BCUT2D eigenvalue weighted by Gasteiger charge is 2.09. The average Bonchev–Trinajstić information content (AvgIpc) is 2.99. The molecule has 20 heavy (non-hydrogen) atoms. The molecule has 1 aromatic carbocycles. The minimum absolute atomic E-state index is 0.125. The quantitative estimate of drug-likeness (QED) is 0.765. The summed E-state index contributed by atoms with van der Waals surface area (Å²) in [6.07, 6.45) is 1.70. The molecule has 0 saturated heterocycles. The predicted octanol–water partition coefficient (Wildman–Crippen LogP) is 1.54. The number of nitrogens with two attached hydrogens (primary N) is 1. The molecule has 2 heterocycles. The molecule has 0 bridgehead atoms. The molecular formula is C13H13N5OS. The zero-order valence-corrected chi connectivity index (χ0v) is 11.6. The first kappa shape index (κ1) is 12.6. The highest BCUT2D eigenvalue weighted by atomic mass is 32.1. The van der Waals surface area contributed by atoms with Crippen LogP contribution in [0.5, 0.6) is 0 Å². The molecule has 3 N–H and O–H groups in total. The fraction of sp³-hybridized carbons (Fsp3) is 0.154. The Balaban J connectivity index is 1.76. The highest BCUT2D eigenvalue weighted by molar-refractivity contribution is 7.22. The third kappa shape index (κ3) is 2.35. The van der Waals surface area contributed by atoms with E-state index in [1.165, 1.54) is 11.3 Å². The van der Waals surface area contributed by atoms with E-state index in [9.17, 15) is 4.79 Å². The molecule has 2 aromatic heterocycles. The maximum absolute atomic E-state index is 12.1. The molecule has 7 heteroatoms. The minimum Gasteiger partial charge on any atom is -0.375 e. The largest absolute Gasteiger partial charge is 0.375 e. The summed E-state index contributed by atoms with van der Waals surface area (Å²) >= 11 is 1.37. The molecule has 6 nitrogen and oxygen atoms in total. The second kappa shape index (κ2) is 4.93. The molecule has 0 aliphatic rings. The van der Waals surface area contributed by atoms with Gasteiger partial charge in [-0.05, 0) is 24.3 Å². The number of rotatable bonds is 3. The average molecular weight is 287 g/mol. The second-order valence-electron chi connectivity index (χ2n) is 4.36. The number of nitrogens with zero attached hydrogens (tertiary/aromatic N) is 3. The van der Waals surface area contributed by atoms with E-state index < -0.39 is 0 Å². The van der Waals surface area contributed by atoms with Crippen molar-refractivity contribution in [2.75, 3.05) is 5.73 Å². The van der Waals surface area contributed by atoms with Crippen LogP contribution >= 0.6 is 11.3 Å². The van der Waals surface area contributed by atoms with Crippen LogP contribution in [0.2, 0.25) is 0 Å². The number of benzene rings is 1. The second-order valence-corrected chi connectivity index (χ2v) is 5.43. The summed E-state index contributed by atoms with van der Waals surface area (Å²) in [6, 6.07) is 7.23. The van der Waals surface area contributed by atoms with Gasteiger partial charge in [-0.2, -0.15) is 5.10 Å². The molecule has 0 atom stereocenters. The van der Waals surface area contributed by atoms with E-state index in [4.69, 9.17) is 5.73 Å². The number of nitrogens with one attached hydrogen (secondary N) is 1. The number of aromatic nitrogens is 3. The summed E-state index contributed by atoms with van der Waals surface area (Å²) in [6.45, 7) is 0.443. The van der Waals surface area contributed by atoms with Crippen LogP contribution in [0.3, 0.4) is 0 Å². The summed E-state index contributed by atoms with van der Waals surface area (Å²) in [5.74, 6) is -0.125. The number of aryl methyl sites for hydroxylation is 1. The van der Waals surface area contributed by atoms with Gasteiger partial charge < -0.3 is 11.1 Å². The lowest BCUT2D eigenvalue weighted by Gasteiger charge is -2.05. The van der Waals surface area contributed by atoms with Gasteiger partial charge in [-0.15, -0.1) is 0 Å². The van der Waals surface area contributed by atoms with Crippen LogP contribution in [0.25, 0.3) is 10.2 Å². The molecule has 0 radical (unpaired) electrons. The summed E-state index contributed by atoms with van der Waals surface area (Å²) in [4.78, 5) is 16.3. The standard InChI is InChI=1S/C13H13N5OS/c1-18-9(4-5-16-18)7-15-12(19)8-2-3-10-11(6-8)20-13(14)17-10/h2-6H,7H2,1H3,(H2,14,17)(H,15,19). The normalized spacial score (nSPS) is 10.8. The summed E-state index contributed by atoms with van der Waals surface area (Å²) in [7, 11) is 1.84. The van der Waals surface area contributed by atoms with Gasteiger partial charge in [-0.25, -0.2) is 4.98 Å². The van der Waals surface area contributed by atoms with Crippen molar-refractivity contribution in [3.63, 3.8) is 0 Å². The van der Waals surface area contributed by atoms with Crippen LogP contribution in [-0.4, -0.2) is 20.7 Å². The van der Waals surface area contributed by atoms with Crippen molar-refractivity contribution in [1.29, 1.82) is 0 Å². The van der Waals surface area contributed by atoms with Gasteiger partial charge >= 0.3 is 0 Å². The number of thiazole rings is 1. The van der Waals surface area contributed by atoms with Gasteiger partial charge in [0, 0.05) is 18.8 Å². The van der Waals surface area contributed by atoms with Crippen molar-refractivity contribution < 1.29 is 4.79 Å². The highest BCUT2D eigenvalue weighted by Crippen LogP contribution is 2.24. The monoisotopic (exact) mass is 287 g/mol. The molecule has 102 valence electrons. The predicted molar refractivity (Wildman–Crippen MR) is 78.4 cm³/mol. The van der Waals surface area contributed by atoms with Crippen LogP contribution < -0.4 is 11.1 Å². The van der Waals surface area contributed by atoms with Crippen molar-refractivity contribution in [1.82, 2.24) is 20.1 Å². The number of amides is 1. The van der Waals surface area contributed by atoms with E-state index in [2.05, 4.69) is 15.4 Å². The first-order valence-electron chi connectivity index (χ1n) is 6.04. The van der Waals surface area contributed by atoms with Gasteiger partial charge in [0.2, 0.25) is 0 Å². The zero-order valence-electron chi connectivity index (χ0n) is 10.8. The SMILES string of the molecule is Cn1nccc1CNC(=O)c1ccc2nc(N)sc2c1. The van der Waals surface area contributed by atoms with E-state index in [1.54, 1.807) is 23.0 Å². The summed E-state index contributed by atoms with van der Waals surface area (Å²) < 4.78 is 2.64. The minimum atomic E-state index is -0.125. The topological polar surface area (TPSA) is 85.8 Å². The Bertz CT molecular complexity index is 776. The van der Waals surface area contributed by atoms with Gasteiger partial charge in [0.25, 0.3) is 5.91 Å². The number of hydrogen-bond donors (Lipinski definition) is 2. The maximum atomic E-state index is 12.1. The molecule has 0 saturated carbocycles. The number of hydrogen-bond acceptors (Lipinski definition) is 5. The van der Waals surface area contributed by atoms with E-state index >= 15 is 0 Å². The Labute approximate surface area is 119 Å². The van der Waals surface area contributed by atoms with Gasteiger partial charge in [-0.3, -0.25) is 9.48 Å². The molecular weight excluding hydrogens is 274 g/mol. The number of carbonyl (C=O) groups is 1. The smallest absolute Gasteiger partial charge is 0.251 e. The van der Waals surface area contributed by atoms with Crippen molar-refractivity contribution in [3.05, 3.63) is 41.7 Å². The Kier molecular flexibility index (Phi) is 3.11. The molecule has 0 fully saturated rings. The molecule has 3 rings (SSSR count). The van der Waals surface area contributed by atoms with Crippen molar-refractivity contribution in [2.24, 2.45) is 7.05 Å². The molecule has 0 aliphatic heterocycles. The molecule has 0 aliphatic carbocycles. The van der Waals surface area contributed by atoms with Gasteiger partial charge in [0.15, 0.2) is 5.13 Å². The van der Waals surface area contributed by atoms with E-state index in [0.29, 0.717) is 17.2 Å². The number of nitrogen functional groups attached to an aromatic ring is 1. The Morgan fingerprint density at radius 1 is 1.45 bits per heavy atom. The van der Waals surface area contributed by atoms with Gasteiger partial charge in [0.05, 0.1) is 22.5 Å². The van der Waals surface area contributed by atoms with Crippen LogP contribution in [0, 0.1) is 0 Å². The van der Waals surface area contributed by atoms with E-state index in [1.807, 2.05) is 19.2 Å². The lowest BCUT2D eigenvalue weighted by atomic mass is 10.2. The molecule has 1 amide bonds. The Morgan fingerprint density at radius 3 is 3.05 bits per heavy atom. The van der Waals surface area contributed by atoms with Crippen LogP contribution in [0.15, 0.2) is 30.5 Å². The van der Waals surface area contributed by atoms with E-state index in [0.717, 1.165) is 15.9 Å². The summed E-state index contributed by atoms with van der Waals surface area (Å²) in [5.41, 5.74) is 8.01. The first-order chi connectivity index (χ1) is 9.63. The molecule has 0 unspecified atom stereocenters. The van der Waals surface area contributed by atoms with Gasteiger partial charge in [-0.1, -0.05) is 11.3 Å². The maximum Gasteiger partial charge on any atom is 0.251 e. The fourth-order valence-electron chi connectivity index (χ4n) is 1.93. The first-order valence-corrected chi connectivity index (χ1v) is 6.86. The third-order valence-electron chi connectivity index (χ3n) is 3.02. The Hall–Kier alpha value is -2.41.